The van der Waals surface area contributed by atoms with Gasteiger partial charge in [-0.1, -0.05) is 56.2 Å². The number of aromatic nitrogens is 1. The van der Waals surface area contributed by atoms with E-state index in [-0.39, 0.29) is 23.0 Å². The molecule has 0 unspecified atom stereocenters. The number of carbonyl (C=O) groups excluding carboxylic acids is 1. The number of halogens is 1. The van der Waals surface area contributed by atoms with Crippen LogP contribution in [0, 0.1) is 0 Å². The molecule has 3 fully saturated rings. The summed E-state index contributed by atoms with van der Waals surface area (Å²) in [5.74, 6) is 0.0497. The van der Waals surface area contributed by atoms with Gasteiger partial charge in [-0.15, -0.1) is 0 Å². The summed E-state index contributed by atoms with van der Waals surface area (Å²) in [6.07, 6.45) is 15.1. The van der Waals surface area contributed by atoms with E-state index in [0.29, 0.717) is 5.02 Å². The number of rotatable bonds is 2. The molecule has 2 heterocycles. The number of nitrogens with one attached hydrogen (secondary N) is 2. The van der Waals surface area contributed by atoms with E-state index in [0.717, 1.165) is 29.4 Å². The minimum atomic E-state index is 0.0497. The zero-order valence-corrected chi connectivity index (χ0v) is 18.9. The summed E-state index contributed by atoms with van der Waals surface area (Å²) in [5, 5.41) is 9.42. The quantitative estimate of drug-likeness (QED) is 0.643. The Kier molecular flexibility index (Phi) is 5.35. The molecule has 0 atom stereocenters. The molecule has 1 aromatic carbocycles. The summed E-state index contributed by atoms with van der Waals surface area (Å²) in [5.41, 5.74) is 2.17. The van der Waals surface area contributed by atoms with Gasteiger partial charge in [0.2, 0.25) is 0 Å². The van der Waals surface area contributed by atoms with Crippen molar-refractivity contribution in [3.05, 3.63) is 35.0 Å². The van der Waals surface area contributed by atoms with Gasteiger partial charge in [-0.05, 0) is 56.7 Å². The van der Waals surface area contributed by atoms with Crippen LogP contribution in [-0.2, 0) is 7.05 Å². The van der Waals surface area contributed by atoms with Crippen molar-refractivity contribution in [2.24, 2.45) is 7.05 Å². The van der Waals surface area contributed by atoms with Crippen LogP contribution in [0.1, 0.15) is 87.5 Å². The van der Waals surface area contributed by atoms with Gasteiger partial charge in [-0.2, -0.15) is 0 Å². The van der Waals surface area contributed by atoms with Gasteiger partial charge >= 0.3 is 0 Å². The standard InChI is InChI=1S/C25H34ClN3O/c1-29-21-15-19(26)9-8-18(21)14-22(29)23(30)27-20-16-24(10-4-2-5-11-24)28-25(17-20)12-6-3-7-13-25/h8-9,14-15,20,28H,2-7,10-13,16-17H2,1H3,(H,27,30). The molecule has 1 aliphatic heterocycles. The van der Waals surface area contributed by atoms with Crippen molar-refractivity contribution in [2.75, 3.05) is 0 Å². The Morgan fingerprint density at radius 3 is 2.20 bits per heavy atom. The van der Waals surface area contributed by atoms with Crippen molar-refractivity contribution in [3.63, 3.8) is 0 Å². The van der Waals surface area contributed by atoms with Crippen LogP contribution in [0.15, 0.2) is 24.3 Å². The number of nitrogens with zero attached hydrogens (tertiary/aromatic N) is 1. The van der Waals surface area contributed by atoms with Crippen molar-refractivity contribution in [1.29, 1.82) is 0 Å². The lowest BCUT2D eigenvalue weighted by atomic mass is 9.66. The first kappa shape index (κ1) is 20.4. The van der Waals surface area contributed by atoms with Gasteiger partial charge in [0.05, 0.1) is 0 Å². The molecule has 2 saturated carbocycles. The average molecular weight is 428 g/mol. The van der Waals surface area contributed by atoms with Crippen LogP contribution in [0.3, 0.4) is 0 Å². The van der Waals surface area contributed by atoms with Crippen LogP contribution in [-0.4, -0.2) is 27.6 Å². The monoisotopic (exact) mass is 427 g/mol. The summed E-state index contributed by atoms with van der Waals surface area (Å²) in [4.78, 5) is 13.3. The number of fused-ring (bicyclic) bond motifs is 1. The molecular formula is C25H34ClN3O. The maximum atomic E-state index is 13.3. The molecule has 5 heteroatoms. The molecule has 2 aliphatic carbocycles. The fourth-order valence-electron chi connectivity index (χ4n) is 6.68. The molecule has 1 saturated heterocycles. The molecule has 162 valence electrons. The third kappa shape index (κ3) is 3.78. The number of piperidine rings is 1. The van der Waals surface area contributed by atoms with Crippen molar-refractivity contribution in [1.82, 2.24) is 15.2 Å². The highest BCUT2D eigenvalue weighted by molar-refractivity contribution is 6.31. The van der Waals surface area contributed by atoms with Crippen LogP contribution in [0.4, 0.5) is 0 Å². The minimum Gasteiger partial charge on any atom is -0.348 e. The first-order chi connectivity index (χ1) is 14.5. The van der Waals surface area contributed by atoms with E-state index in [9.17, 15) is 4.79 Å². The van der Waals surface area contributed by atoms with E-state index in [2.05, 4.69) is 10.6 Å². The van der Waals surface area contributed by atoms with Crippen molar-refractivity contribution < 1.29 is 4.79 Å². The normalized spacial score (nSPS) is 25.6. The van der Waals surface area contributed by atoms with Gasteiger partial charge in [0.1, 0.15) is 5.69 Å². The number of aryl methyl sites for hydroxylation is 1. The van der Waals surface area contributed by atoms with Crippen LogP contribution in [0.25, 0.3) is 10.9 Å². The molecule has 0 bridgehead atoms. The highest BCUT2D eigenvalue weighted by Crippen LogP contribution is 2.44. The average Bonchev–Trinajstić information content (AvgIpc) is 3.05. The second-order valence-corrected chi connectivity index (χ2v) is 10.6. The van der Waals surface area contributed by atoms with Gasteiger partial charge in [0.25, 0.3) is 5.91 Å². The predicted molar refractivity (Wildman–Crippen MR) is 123 cm³/mol. The van der Waals surface area contributed by atoms with Gasteiger partial charge in [0, 0.05) is 40.1 Å². The molecule has 2 spiro atoms. The summed E-state index contributed by atoms with van der Waals surface area (Å²) < 4.78 is 1.98. The topological polar surface area (TPSA) is 46.1 Å². The van der Waals surface area contributed by atoms with Crippen molar-refractivity contribution in [3.8, 4) is 0 Å². The summed E-state index contributed by atoms with van der Waals surface area (Å²) in [6.45, 7) is 0. The number of carbonyl (C=O) groups is 1. The zero-order valence-electron chi connectivity index (χ0n) is 18.1. The first-order valence-electron chi connectivity index (χ1n) is 11.8. The van der Waals surface area contributed by atoms with Crippen molar-refractivity contribution >= 4 is 28.4 Å². The third-order valence-electron chi connectivity index (χ3n) is 8.00. The molecule has 4 nitrogen and oxygen atoms in total. The molecular weight excluding hydrogens is 394 g/mol. The fraction of sp³-hybridized carbons (Fsp3) is 0.640. The molecule has 0 radical (unpaired) electrons. The molecule has 1 aromatic heterocycles. The van der Waals surface area contributed by atoms with Gasteiger partial charge < -0.3 is 15.2 Å². The Morgan fingerprint density at radius 1 is 1.00 bits per heavy atom. The van der Waals surface area contributed by atoms with E-state index in [1.807, 2.05) is 35.9 Å². The van der Waals surface area contributed by atoms with Gasteiger partial charge in [-0.3, -0.25) is 4.79 Å². The van der Waals surface area contributed by atoms with E-state index in [1.54, 1.807) is 0 Å². The SMILES string of the molecule is Cn1c(C(=O)NC2CC3(CCCCC3)NC3(CCCCC3)C2)cc2ccc(Cl)cc21. The minimum absolute atomic E-state index is 0.0497. The number of benzene rings is 1. The van der Waals surface area contributed by atoms with Gasteiger partial charge in [-0.25, -0.2) is 0 Å². The maximum Gasteiger partial charge on any atom is 0.268 e. The Balaban J connectivity index is 1.40. The number of amides is 1. The largest absolute Gasteiger partial charge is 0.348 e. The van der Waals surface area contributed by atoms with E-state index >= 15 is 0 Å². The smallest absolute Gasteiger partial charge is 0.268 e. The molecule has 5 rings (SSSR count). The van der Waals surface area contributed by atoms with E-state index < -0.39 is 0 Å². The van der Waals surface area contributed by atoms with Crippen LogP contribution < -0.4 is 10.6 Å². The predicted octanol–water partition coefficient (Wildman–Crippen LogP) is 5.72. The van der Waals surface area contributed by atoms with E-state index in [1.165, 1.54) is 64.2 Å². The Labute approximate surface area is 184 Å². The fourth-order valence-corrected chi connectivity index (χ4v) is 6.84. The first-order valence-corrected chi connectivity index (χ1v) is 12.2. The Morgan fingerprint density at radius 2 is 1.60 bits per heavy atom. The summed E-state index contributed by atoms with van der Waals surface area (Å²) in [6, 6.07) is 8.06. The van der Waals surface area contributed by atoms with E-state index in [4.69, 9.17) is 11.6 Å². The zero-order chi connectivity index (χ0) is 20.8. The highest BCUT2D eigenvalue weighted by Gasteiger charge is 2.48. The molecule has 30 heavy (non-hydrogen) atoms. The lowest BCUT2D eigenvalue weighted by Gasteiger charge is -2.55. The van der Waals surface area contributed by atoms with Gasteiger partial charge in [0.15, 0.2) is 0 Å². The Hall–Kier alpha value is -1.52. The maximum absolute atomic E-state index is 13.3. The lowest BCUT2D eigenvalue weighted by molar-refractivity contribution is 0.0440. The summed E-state index contributed by atoms with van der Waals surface area (Å²) >= 11 is 6.18. The second kappa shape index (κ2) is 7.87. The molecule has 1 amide bonds. The third-order valence-corrected chi connectivity index (χ3v) is 8.24. The summed E-state index contributed by atoms with van der Waals surface area (Å²) in [7, 11) is 1.96. The number of hydrogen-bond donors (Lipinski definition) is 2. The van der Waals surface area contributed by atoms with Crippen LogP contribution in [0.5, 0.6) is 0 Å². The molecule has 3 aliphatic rings. The second-order valence-electron chi connectivity index (χ2n) is 10.2. The lowest BCUT2D eigenvalue weighted by Crippen LogP contribution is -2.67. The molecule has 2 N–H and O–H groups in total. The van der Waals surface area contributed by atoms with Crippen molar-refractivity contribution in [2.45, 2.75) is 94.2 Å². The highest BCUT2D eigenvalue weighted by atomic mass is 35.5. The van der Waals surface area contributed by atoms with Crippen LogP contribution >= 0.6 is 11.6 Å². The van der Waals surface area contributed by atoms with Crippen LogP contribution in [0.2, 0.25) is 5.02 Å². The molecule has 2 aromatic rings. The number of hydrogen-bond acceptors (Lipinski definition) is 2. The Bertz CT molecular complexity index is 911.